The molecule has 1 fully saturated rings. The second-order valence-corrected chi connectivity index (χ2v) is 10.6. The third-order valence-electron chi connectivity index (χ3n) is 5.21. The van der Waals surface area contributed by atoms with Gasteiger partial charge in [-0.2, -0.15) is 0 Å². The van der Waals surface area contributed by atoms with Crippen LogP contribution in [0.5, 0.6) is 0 Å². The smallest absolute Gasteiger partial charge is 0.372 e. The van der Waals surface area contributed by atoms with Gasteiger partial charge in [-0.25, -0.2) is 0 Å². The number of fused-ring (bicyclic) bond motifs is 1. The summed E-state index contributed by atoms with van der Waals surface area (Å²) in [5.74, 6) is 0.317. The van der Waals surface area contributed by atoms with E-state index in [1.165, 1.54) is 30.9 Å². The van der Waals surface area contributed by atoms with Crippen LogP contribution in [0.2, 0.25) is 5.54 Å². The molecular weight excluding hydrogens is 292 g/mol. The van der Waals surface area contributed by atoms with Gasteiger partial charge in [0.1, 0.15) is 0 Å². The fourth-order valence-corrected chi connectivity index (χ4v) is 9.04. The van der Waals surface area contributed by atoms with Gasteiger partial charge < -0.3 is 13.6 Å². The molecule has 0 N–H and O–H groups in total. The highest BCUT2D eigenvalue weighted by Crippen LogP contribution is 2.49. The fourth-order valence-electron chi connectivity index (χ4n) is 4.23. The number of methoxy groups -OCH3 is 1. The Hall–Kier alpha value is -0.423. The lowest BCUT2D eigenvalue weighted by Crippen LogP contribution is -2.53. The molecule has 2 atom stereocenters. The molecule has 124 valence electrons. The Morgan fingerprint density at radius 3 is 2.77 bits per heavy atom. The van der Waals surface area contributed by atoms with Crippen molar-refractivity contribution in [2.24, 2.45) is 5.92 Å². The molecular formula is C18H30O3Si. The summed E-state index contributed by atoms with van der Waals surface area (Å²) in [6.45, 7) is 5.92. The maximum Gasteiger partial charge on any atom is 0.372 e. The minimum atomic E-state index is -2.38. The van der Waals surface area contributed by atoms with E-state index in [9.17, 15) is 0 Å². The standard InChI is InChI=1S/C18H30O3Si/c1-18(2)12-11-15(14-19-3)17-10-6-7-13-20-22(17,21-18)16-8-4-5-9-16/h10-12,15-16H,4-9,13-14H2,1-3H3. The molecule has 0 aromatic heterocycles. The van der Waals surface area contributed by atoms with Crippen molar-refractivity contribution in [1.29, 1.82) is 0 Å². The van der Waals surface area contributed by atoms with Gasteiger partial charge in [0, 0.05) is 25.2 Å². The zero-order valence-corrected chi connectivity index (χ0v) is 15.3. The second-order valence-electron chi connectivity index (χ2n) is 7.43. The van der Waals surface area contributed by atoms with E-state index in [4.69, 9.17) is 13.6 Å². The molecule has 1 saturated carbocycles. The van der Waals surface area contributed by atoms with E-state index >= 15 is 0 Å². The van der Waals surface area contributed by atoms with Crippen molar-refractivity contribution >= 4 is 8.56 Å². The first-order valence-electron chi connectivity index (χ1n) is 8.80. The van der Waals surface area contributed by atoms with Gasteiger partial charge in [0.25, 0.3) is 0 Å². The average molecular weight is 323 g/mol. The third-order valence-corrected chi connectivity index (χ3v) is 9.71. The first-order chi connectivity index (χ1) is 10.6. The summed E-state index contributed by atoms with van der Waals surface area (Å²) in [6.07, 6.45) is 14.3. The molecule has 0 saturated heterocycles. The van der Waals surface area contributed by atoms with Crippen molar-refractivity contribution in [3.05, 3.63) is 23.4 Å². The molecule has 3 rings (SSSR count). The average Bonchev–Trinajstić information content (AvgIpc) is 2.90. The maximum atomic E-state index is 6.84. The minimum Gasteiger partial charge on any atom is -0.391 e. The van der Waals surface area contributed by atoms with Gasteiger partial charge in [0.2, 0.25) is 0 Å². The highest BCUT2D eigenvalue weighted by atomic mass is 28.4. The van der Waals surface area contributed by atoms with Gasteiger partial charge in [0.05, 0.1) is 12.2 Å². The van der Waals surface area contributed by atoms with E-state index in [1.54, 1.807) is 7.11 Å². The summed E-state index contributed by atoms with van der Waals surface area (Å²) < 4.78 is 19.0. The summed E-state index contributed by atoms with van der Waals surface area (Å²) >= 11 is 0. The molecule has 2 unspecified atom stereocenters. The van der Waals surface area contributed by atoms with Crippen LogP contribution in [-0.2, 0) is 13.6 Å². The van der Waals surface area contributed by atoms with Crippen molar-refractivity contribution in [3.8, 4) is 0 Å². The van der Waals surface area contributed by atoms with Crippen molar-refractivity contribution in [2.45, 2.75) is 63.5 Å². The highest BCUT2D eigenvalue weighted by Gasteiger charge is 2.55. The third kappa shape index (κ3) is 3.11. The number of allylic oxidation sites excluding steroid dienone is 1. The molecule has 0 aromatic rings. The SMILES string of the molecule is COCC1C=CC(C)(C)O[Si]2(C3CCCC3)OCCCC=C12. The number of hydrogen-bond donors (Lipinski definition) is 0. The molecule has 2 heterocycles. The number of hydrogen-bond acceptors (Lipinski definition) is 3. The normalized spacial score (nSPS) is 35.6. The zero-order chi connectivity index (χ0) is 15.6. The highest BCUT2D eigenvalue weighted by molar-refractivity contribution is 6.76. The van der Waals surface area contributed by atoms with Crippen LogP contribution in [0.25, 0.3) is 0 Å². The minimum absolute atomic E-state index is 0.249. The van der Waals surface area contributed by atoms with Crippen LogP contribution in [-0.4, -0.2) is 34.5 Å². The van der Waals surface area contributed by atoms with Gasteiger partial charge in [-0.15, -0.1) is 0 Å². The first-order valence-corrected chi connectivity index (χ1v) is 10.7. The predicted molar refractivity (Wildman–Crippen MR) is 90.9 cm³/mol. The Morgan fingerprint density at radius 2 is 2.05 bits per heavy atom. The van der Waals surface area contributed by atoms with Crippen LogP contribution in [0.4, 0.5) is 0 Å². The van der Waals surface area contributed by atoms with Gasteiger partial charge in [-0.3, -0.25) is 0 Å². The van der Waals surface area contributed by atoms with E-state index in [0.29, 0.717) is 11.5 Å². The molecule has 0 spiro atoms. The van der Waals surface area contributed by atoms with E-state index < -0.39 is 8.56 Å². The van der Waals surface area contributed by atoms with Crippen molar-refractivity contribution in [2.75, 3.05) is 20.3 Å². The first kappa shape index (κ1) is 16.4. The second kappa shape index (κ2) is 6.60. The van der Waals surface area contributed by atoms with Crippen LogP contribution in [0.15, 0.2) is 23.4 Å². The van der Waals surface area contributed by atoms with E-state index in [-0.39, 0.29) is 5.60 Å². The fraction of sp³-hybridized carbons (Fsp3) is 0.778. The molecule has 2 aliphatic heterocycles. The van der Waals surface area contributed by atoms with Crippen molar-refractivity contribution in [1.82, 2.24) is 0 Å². The molecule has 3 nitrogen and oxygen atoms in total. The molecule has 3 aliphatic rings. The summed E-state index contributed by atoms with van der Waals surface area (Å²) in [7, 11) is -0.591. The Morgan fingerprint density at radius 1 is 1.27 bits per heavy atom. The Bertz CT molecular complexity index is 451. The van der Waals surface area contributed by atoms with Crippen LogP contribution in [0.3, 0.4) is 0 Å². The maximum absolute atomic E-state index is 6.84. The van der Waals surface area contributed by atoms with Gasteiger partial charge >= 0.3 is 8.56 Å². The Kier molecular flexibility index (Phi) is 4.93. The predicted octanol–water partition coefficient (Wildman–Crippen LogP) is 4.28. The van der Waals surface area contributed by atoms with Gasteiger partial charge in [0.15, 0.2) is 0 Å². The van der Waals surface area contributed by atoms with E-state index in [2.05, 4.69) is 32.1 Å². The van der Waals surface area contributed by atoms with E-state index in [1.807, 2.05) is 0 Å². The van der Waals surface area contributed by atoms with Gasteiger partial charge in [-0.05, 0) is 44.7 Å². The quantitative estimate of drug-likeness (QED) is 0.573. The van der Waals surface area contributed by atoms with Crippen LogP contribution < -0.4 is 0 Å². The summed E-state index contributed by atoms with van der Waals surface area (Å²) in [6, 6.07) is 0. The monoisotopic (exact) mass is 322 g/mol. The largest absolute Gasteiger partial charge is 0.391 e. The number of ether oxygens (including phenoxy) is 1. The number of rotatable bonds is 3. The van der Waals surface area contributed by atoms with Crippen molar-refractivity contribution < 1.29 is 13.6 Å². The molecule has 0 amide bonds. The topological polar surface area (TPSA) is 27.7 Å². The lowest BCUT2D eigenvalue weighted by Gasteiger charge is -2.41. The molecule has 22 heavy (non-hydrogen) atoms. The van der Waals surface area contributed by atoms with Crippen LogP contribution in [0, 0.1) is 5.92 Å². The van der Waals surface area contributed by atoms with Crippen molar-refractivity contribution in [3.63, 3.8) is 0 Å². The van der Waals surface area contributed by atoms with E-state index in [0.717, 1.165) is 26.1 Å². The molecule has 0 aromatic carbocycles. The summed E-state index contributed by atoms with van der Waals surface area (Å²) in [5.41, 5.74) is 0.358. The molecule has 0 bridgehead atoms. The summed E-state index contributed by atoms with van der Waals surface area (Å²) in [4.78, 5) is 0. The van der Waals surface area contributed by atoms with Gasteiger partial charge in [-0.1, -0.05) is 31.1 Å². The lowest BCUT2D eigenvalue weighted by molar-refractivity contribution is 0.0834. The Balaban J connectivity index is 2.05. The Labute approximate surface area is 136 Å². The molecule has 1 aliphatic carbocycles. The van der Waals surface area contributed by atoms with Crippen LogP contribution >= 0.6 is 0 Å². The lowest BCUT2D eigenvalue weighted by atomic mass is 10.0. The molecule has 0 radical (unpaired) electrons. The van der Waals surface area contributed by atoms with Crippen LogP contribution in [0.1, 0.15) is 52.4 Å². The molecule has 4 heteroatoms. The zero-order valence-electron chi connectivity index (χ0n) is 14.3. The summed E-state index contributed by atoms with van der Waals surface area (Å²) in [5, 5.41) is 1.44.